The third kappa shape index (κ3) is 1.71. The van der Waals surface area contributed by atoms with Gasteiger partial charge < -0.3 is 10.1 Å². The summed E-state index contributed by atoms with van der Waals surface area (Å²) in [6.45, 7) is 0. The van der Waals surface area contributed by atoms with Gasteiger partial charge in [0.05, 0.1) is 7.11 Å². The zero-order chi connectivity index (χ0) is 11.7. The van der Waals surface area contributed by atoms with Gasteiger partial charge in [-0.2, -0.15) is 0 Å². The van der Waals surface area contributed by atoms with Crippen molar-refractivity contribution in [3.05, 3.63) is 34.0 Å². The van der Waals surface area contributed by atoms with Crippen LogP contribution in [-0.2, 0) is 14.3 Å². The summed E-state index contributed by atoms with van der Waals surface area (Å²) in [5, 5.41) is 2.89. The first-order valence-corrected chi connectivity index (χ1v) is 5.58. The predicted octanol–water partition coefficient (Wildman–Crippen LogP) is 1.19. The molecule has 2 aliphatic rings. The minimum absolute atomic E-state index is 0.0102. The second kappa shape index (κ2) is 4.25. The Balaban J connectivity index is 2.42. The van der Waals surface area contributed by atoms with Crippen molar-refractivity contribution in [3.8, 4) is 0 Å². The molecule has 0 saturated heterocycles. The quantitative estimate of drug-likeness (QED) is 0.735. The van der Waals surface area contributed by atoms with Gasteiger partial charge in [0, 0.05) is 28.2 Å². The van der Waals surface area contributed by atoms with Crippen LogP contribution in [0.25, 0.3) is 0 Å². The van der Waals surface area contributed by atoms with E-state index in [2.05, 4.69) is 26.0 Å². The highest BCUT2D eigenvalue weighted by Crippen LogP contribution is 2.31. The van der Waals surface area contributed by atoms with Crippen LogP contribution in [0.5, 0.6) is 0 Å². The Labute approximate surface area is 101 Å². The number of allylic oxidation sites excluding steroid dienone is 4. The van der Waals surface area contributed by atoms with Gasteiger partial charge in [-0.25, -0.2) is 4.79 Å². The number of carbonyl (C=O) groups excluding carboxylic acids is 2. The summed E-state index contributed by atoms with van der Waals surface area (Å²) in [6, 6.07) is -0.626. The van der Waals surface area contributed by atoms with Gasteiger partial charge in [-0.3, -0.25) is 4.79 Å². The average molecular weight is 284 g/mol. The van der Waals surface area contributed by atoms with Gasteiger partial charge in [0.1, 0.15) is 0 Å². The van der Waals surface area contributed by atoms with Gasteiger partial charge in [0.25, 0.3) is 0 Å². The van der Waals surface area contributed by atoms with E-state index in [0.29, 0.717) is 16.5 Å². The normalized spacial score (nSPS) is 23.5. The summed E-state index contributed by atoms with van der Waals surface area (Å²) in [4.78, 5) is 23.2. The Bertz CT molecular complexity index is 448. The second-order valence-corrected chi connectivity index (χ2v) is 4.33. The number of Topliss-reactive ketones (excluding diaryl/α,β-unsaturated/α-hetero) is 1. The topological polar surface area (TPSA) is 55.4 Å². The lowest BCUT2D eigenvalue weighted by Crippen LogP contribution is -2.39. The van der Waals surface area contributed by atoms with Crippen LogP contribution in [0.3, 0.4) is 0 Å². The second-order valence-electron chi connectivity index (χ2n) is 3.48. The number of esters is 1. The molecule has 0 spiro atoms. The molecule has 0 amide bonds. The first-order valence-electron chi connectivity index (χ1n) is 4.79. The zero-order valence-electron chi connectivity index (χ0n) is 8.62. The van der Waals surface area contributed by atoms with Crippen LogP contribution in [0.4, 0.5) is 0 Å². The van der Waals surface area contributed by atoms with E-state index >= 15 is 0 Å². The van der Waals surface area contributed by atoms with Gasteiger partial charge in [-0.15, -0.1) is 0 Å². The van der Waals surface area contributed by atoms with E-state index < -0.39 is 12.0 Å². The lowest BCUT2D eigenvalue weighted by atomic mass is 9.91. The highest BCUT2D eigenvalue weighted by atomic mass is 79.9. The summed E-state index contributed by atoms with van der Waals surface area (Å²) >= 11 is 3.30. The fraction of sp³-hybridized carbons (Fsp3) is 0.273. The van der Waals surface area contributed by atoms with Crippen LogP contribution >= 0.6 is 15.9 Å². The molecular formula is C11H10BrNO3. The van der Waals surface area contributed by atoms with E-state index in [4.69, 9.17) is 0 Å². The fourth-order valence-electron chi connectivity index (χ4n) is 1.71. The Morgan fingerprint density at radius 3 is 3.06 bits per heavy atom. The van der Waals surface area contributed by atoms with Crippen molar-refractivity contribution in [3.63, 3.8) is 0 Å². The van der Waals surface area contributed by atoms with Crippen LogP contribution in [0, 0.1) is 0 Å². The molecule has 1 aliphatic carbocycles. The van der Waals surface area contributed by atoms with Crippen molar-refractivity contribution >= 4 is 27.7 Å². The van der Waals surface area contributed by atoms with Gasteiger partial charge in [0.2, 0.25) is 0 Å². The number of halogens is 1. The SMILES string of the molecule is COC(=O)C1NC=C2C=CCC(=O)C2=C1Br. The van der Waals surface area contributed by atoms with Crippen LogP contribution in [-0.4, -0.2) is 24.9 Å². The van der Waals surface area contributed by atoms with E-state index in [0.717, 1.165) is 5.57 Å². The van der Waals surface area contributed by atoms with E-state index in [1.165, 1.54) is 7.11 Å². The van der Waals surface area contributed by atoms with Crippen LogP contribution in [0.2, 0.25) is 0 Å². The average Bonchev–Trinajstić information content (AvgIpc) is 2.28. The Morgan fingerprint density at radius 2 is 2.38 bits per heavy atom. The molecule has 2 rings (SSSR count). The maximum Gasteiger partial charge on any atom is 0.333 e. The number of dihydropyridines is 1. The van der Waals surface area contributed by atoms with E-state index in [1.807, 2.05) is 6.08 Å². The van der Waals surface area contributed by atoms with Crippen molar-refractivity contribution in [1.29, 1.82) is 0 Å². The van der Waals surface area contributed by atoms with E-state index in [9.17, 15) is 9.59 Å². The molecule has 1 atom stereocenters. The van der Waals surface area contributed by atoms with Gasteiger partial charge in [-0.1, -0.05) is 28.1 Å². The fourth-order valence-corrected chi connectivity index (χ4v) is 2.48. The molecule has 0 aromatic rings. The largest absolute Gasteiger partial charge is 0.467 e. The molecule has 0 fully saturated rings. The number of methoxy groups -OCH3 is 1. The summed E-state index contributed by atoms with van der Waals surface area (Å²) in [5.41, 5.74) is 1.36. The molecule has 1 heterocycles. The monoisotopic (exact) mass is 283 g/mol. The van der Waals surface area contributed by atoms with Crippen LogP contribution in [0.1, 0.15) is 6.42 Å². The Kier molecular flexibility index (Phi) is 2.96. The summed E-state index contributed by atoms with van der Waals surface area (Å²) in [5.74, 6) is -0.409. The molecule has 0 aromatic carbocycles. The number of hydrogen-bond acceptors (Lipinski definition) is 4. The van der Waals surface area contributed by atoms with Crippen molar-refractivity contribution in [2.45, 2.75) is 12.5 Å². The van der Waals surface area contributed by atoms with Gasteiger partial charge >= 0.3 is 5.97 Å². The number of ketones is 1. The predicted molar refractivity (Wildman–Crippen MR) is 61.7 cm³/mol. The molecule has 0 radical (unpaired) electrons. The summed E-state index contributed by atoms with van der Waals surface area (Å²) < 4.78 is 5.20. The zero-order valence-corrected chi connectivity index (χ0v) is 10.2. The van der Waals surface area contributed by atoms with Gasteiger partial charge in [-0.05, 0) is 0 Å². The lowest BCUT2D eigenvalue weighted by Gasteiger charge is -2.25. The first kappa shape index (κ1) is 11.1. The van der Waals surface area contributed by atoms with Gasteiger partial charge in [0.15, 0.2) is 11.8 Å². The Hall–Kier alpha value is -1.36. The maximum atomic E-state index is 11.7. The number of fused-ring (bicyclic) bond motifs is 1. The number of carbonyl (C=O) groups is 2. The van der Waals surface area contributed by atoms with Crippen molar-refractivity contribution in [2.75, 3.05) is 7.11 Å². The van der Waals surface area contributed by atoms with E-state index in [-0.39, 0.29) is 5.78 Å². The lowest BCUT2D eigenvalue weighted by molar-refractivity contribution is -0.141. The smallest absolute Gasteiger partial charge is 0.333 e. The Morgan fingerprint density at radius 1 is 1.62 bits per heavy atom. The highest BCUT2D eigenvalue weighted by molar-refractivity contribution is 9.11. The van der Waals surface area contributed by atoms with Crippen molar-refractivity contribution in [2.24, 2.45) is 0 Å². The summed E-state index contributed by atoms with van der Waals surface area (Å²) in [7, 11) is 1.32. The van der Waals surface area contributed by atoms with E-state index in [1.54, 1.807) is 12.3 Å². The maximum absolute atomic E-state index is 11.7. The molecule has 1 unspecified atom stereocenters. The molecule has 1 aliphatic heterocycles. The molecule has 0 aromatic heterocycles. The molecule has 5 heteroatoms. The molecule has 84 valence electrons. The standard InChI is InChI=1S/C11H10BrNO3/c1-16-11(15)10-9(12)8-6(5-13-10)3-2-4-7(8)14/h2-3,5,10,13H,4H2,1H3. The minimum atomic E-state index is -0.626. The van der Waals surface area contributed by atoms with Crippen molar-refractivity contribution in [1.82, 2.24) is 5.32 Å². The highest BCUT2D eigenvalue weighted by Gasteiger charge is 2.31. The molecular weight excluding hydrogens is 274 g/mol. The van der Waals surface area contributed by atoms with Crippen molar-refractivity contribution < 1.29 is 14.3 Å². The number of nitrogens with one attached hydrogen (secondary N) is 1. The minimum Gasteiger partial charge on any atom is -0.467 e. The molecule has 0 saturated carbocycles. The summed E-state index contributed by atoms with van der Waals surface area (Å²) in [6.07, 6.45) is 5.70. The molecule has 4 nitrogen and oxygen atoms in total. The third-order valence-corrected chi connectivity index (χ3v) is 3.36. The first-order chi connectivity index (χ1) is 7.65. The molecule has 16 heavy (non-hydrogen) atoms. The molecule has 1 N–H and O–H groups in total. The van der Waals surface area contributed by atoms with Crippen LogP contribution < -0.4 is 5.32 Å². The number of ether oxygens (including phenoxy) is 1. The number of hydrogen-bond donors (Lipinski definition) is 1. The third-order valence-electron chi connectivity index (χ3n) is 2.50. The van der Waals surface area contributed by atoms with Crippen LogP contribution in [0.15, 0.2) is 34.0 Å². The molecule has 0 bridgehead atoms. The number of rotatable bonds is 1.